The Bertz CT molecular complexity index is 556. The number of aliphatic hydroxyl groups is 1. The second kappa shape index (κ2) is 5.25. The zero-order valence-corrected chi connectivity index (χ0v) is 11.2. The summed E-state index contributed by atoms with van der Waals surface area (Å²) in [6.07, 6.45) is 2.68. The highest BCUT2D eigenvalue weighted by Gasteiger charge is 2.23. The lowest BCUT2D eigenvalue weighted by Crippen LogP contribution is -2.28. The number of hydrogen-bond donors (Lipinski definition) is 3. The summed E-state index contributed by atoms with van der Waals surface area (Å²) in [6.45, 7) is 0.601. The van der Waals surface area contributed by atoms with Crippen LogP contribution in [0.5, 0.6) is 0 Å². The molecule has 1 aliphatic carbocycles. The highest BCUT2D eigenvalue weighted by Crippen LogP contribution is 2.25. The molecule has 0 aromatic heterocycles. The molecule has 2 amide bonds. The van der Waals surface area contributed by atoms with Crippen molar-refractivity contribution < 1.29 is 14.7 Å². The van der Waals surface area contributed by atoms with Crippen molar-refractivity contribution >= 4 is 17.5 Å². The number of carbonyl (C=O) groups excluding carboxylic acids is 2. The van der Waals surface area contributed by atoms with Gasteiger partial charge in [-0.2, -0.15) is 0 Å². The molecule has 1 aromatic rings. The van der Waals surface area contributed by atoms with Crippen LogP contribution in [0.2, 0.25) is 0 Å². The first-order valence-corrected chi connectivity index (χ1v) is 7.01. The first-order chi connectivity index (χ1) is 9.61. The SMILES string of the molecule is O=C1Cc2cc(C(=O)NCC3CCC(O)C3)ccc2N1. The van der Waals surface area contributed by atoms with Crippen LogP contribution < -0.4 is 10.6 Å². The van der Waals surface area contributed by atoms with Gasteiger partial charge in [0.05, 0.1) is 12.5 Å². The number of aliphatic hydroxyl groups excluding tert-OH is 1. The molecule has 1 heterocycles. The van der Waals surface area contributed by atoms with E-state index in [9.17, 15) is 14.7 Å². The van der Waals surface area contributed by atoms with E-state index in [1.54, 1.807) is 18.2 Å². The molecule has 0 bridgehead atoms. The molecule has 20 heavy (non-hydrogen) atoms. The molecule has 2 unspecified atom stereocenters. The van der Waals surface area contributed by atoms with E-state index in [1.165, 1.54) is 0 Å². The maximum atomic E-state index is 12.1. The summed E-state index contributed by atoms with van der Waals surface area (Å²) < 4.78 is 0. The molecule has 3 N–H and O–H groups in total. The Morgan fingerprint density at radius 2 is 2.25 bits per heavy atom. The van der Waals surface area contributed by atoms with Crippen molar-refractivity contribution in [2.75, 3.05) is 11.9 Å². The molecule has 0 spiro atoms. The molecule has 1 saturated carbocycles. The Hall–Kier alpha value is -1.88. The third-order valence-electron chi connectivity index (χ3n) is 4.06. The zero-order chi connectivity index (χ0) is 14.1. The van der Waals surface area contributed by atoms with Crippen molar-refractivity contribution in [2.24, 2.45) is 5.92 Å². The Kier molecular flexibility index (Phi) is 3.44. The molecule has 1 fully saturated rings. The topological polar surface area (TPSA) is 78.4 Å². The van der Waals surface area contributed by atoms with Crippen LogP contribution in [0.4, 0.5) is 5.69 Å². The predicted molar refractivity (Wildman–Crippen MR) is 74.5 cm³/mol. The van der Waals surface area contributed by atoms with Crippen molar-refractivity contribution in [2.45, 2.75) is 31.8 Å². The van der Waals surface area contributed by atoms with Gasteiger partial charge >= 0.3 is 0 Å². The minimum absolute atomic E-state index is 0.0301. The van der Waals surface area contributed by atoms with Crippen LogP contribution in [-0.2, 0) is 11.2 Å². The molecule has 0 radical (unpaired) electrons. The molecule has 2 aliphatic rings. The standard InChI is InChI=1S/C15H18N2O3/c18-12-3-1-9(5-12)8-16-15(20)10-2-4-13-11(6-10)7-14(19)17-13/h2,4,6,9,12,18H,1,3,5,7-8H2,(H,16,20)(H,17,19). The summed E-state index contributed by atoms with van der Waals surface area (Å²) in [7, 11) is 0. The van der Waals surface area contributed by atoms with E-state index < -0.39 is 0 Å². The number of rotatable bonds is 3. The summed E-state index contributed by atoms with van der Waals surface area (Å²) in [5.74, 6) is 0.220. The van der Waals surface area contributed by atoms with Gasteiger partial charge < -0.3 is 15.7 Å². The zero-order valence-electron chi connectivity index (χ0n) is 11.2. The maximum Gasteiger partial charge on any atom is 0.251 e. The third kappa shape index (κ3) is 2.67. The normalized spacial score (nSPS) is 24.4. The van der Waals surface area contributed by atoms with Crippen LogP contribution in [0.15, 0.2) is 18.2 Å². The largest absolute Gasteiger partial charge is 0.393 e. The summed E-state index contributed by atoms with van der Waals surface area (Å²) >= 11 is 0. The van der Waals surface area contributed by atoms with Crippen LogP contribution >= 0.6 is 0 Å². The van der Waals surface area contributed by atoms with E-state index >= 15 is 0 Å². The Morgan fingerprint density at radius 3 is 3.00 bits per heavy atom. The number of anilines is 1. The second-order valence-corrected chi connectivity index (χ2v) is 5.64. The number of carbonyl (C=O) groups is 2. The maximum absolute atomic E-state index is 12.1. The molecule has 3 rings (SSSR count). The fourth-order valence-electron chi connectivity index (χ4n) is 2.94. The van der Waals surface area contributed by atoms with Gasteiger partial charge in [0.15, 0.2) is 0 Å². The van der Waals surface area contributed by atoms with Crippen LogP contribution in [0, 0.1) is 5.92 Å². The second-order valence-electron chi connectivity index (χ2n) is 5.64. The lowest BCUT2D eigenvalue weighted by Gasteiger charge is -2.11. The molecule has 2 atom stereocenters. The van der Waals surface area contributed by atoms with Crippen LogP contribution in [0.25, 0.3) is 0 Å². The van der Waals surface area contributed by atoms with Gasteiger partial charge in [-0.25, -0.2) is 0 Å². The highest BCUT2D eigenvalue weighted by molar-refractivity contribution is 6.01. The van der Waals surface area contributed by atoms with Crippen LogP contribution in [0.3, 0.4) is 0 Å². The van der Waals surface area contributed by atoms with Gasteiger partial charge in [0.25, 0.3) is 5.91 Å². The highest BCUT2D eigenvalue weighted by atomic mass is 16.3. The number of fused-ring (bicyclic) bond motifs is 1. The van der Waals surface area contributed by atoms with Gasteiger partial charge in [-0.3, -0.25) is 9.59 Å². The first kappa shape index (κ1) is 13.1. The molecule has 5 nitrogen and oxygen atoms in total. The molecule has 5 heteroatoms. The molecule has 1 aliphatic heterocycles. The molecule has 1 aromatic carbocycles. The minimum Gasteiger partial charge on any atom is -0.393 e. The van der Waals surface area contributed by atoms with E-state index in [-0.39, 0.29) is 17.9 Å². The van der Waals surface area contributed by atoms with Crippen molar-refractivity contribution in [3.8, 4) is 0 Å². The smallest absolute Gasteiger partial charge is 0.251 e. The Morgan fingerprint density at radius 1 is 1.40 bits per heavy atom. The minimum atomic E-state index is -0.214. The van der Waals surface area contributed by atoms with Crippen molar-refractivity contribution in [1.29, 1.82) is 0 Å². The van der Waals surface area contributed by atoms with Crippen molar-refractivity contribution in [1.82, 2.24) is 5.32 Å². The fourth-order valence-corrected chi connectivity index (χ4v) is 2.94. The van der Waals surface area contributed by atoms with Crippen molar-refractivity contribution in [3.05, 3.63) is 29.3 Å². The van der Waals surface area contributed by atoms with Crippen LogP contribution in [0.1, 0.15) is 35.2 Å². The summed E-state index contributed by atoms with van der Waals surface area (Å²) in [5.41, 5.74) is 2.25. The number of amides is 2. The summed E-state index contributed by atoms with van der Waals surface area (Å²) in [4.78, 5) is 23.4. The quantitative estimate of drug-likeness (QED) is 0.771. The van der Waals surface area contributed by atoms with E-state index in [1.807, 2.05) is 0 Å². The van der Waals surface area contributed by atoms with Gasteiger partial charge in [-0.05, 0) is 48.9 Å². The average molecular weight is 274 g/mol. The molecule has 106 valence electrons. The van der Waals surface area contributed by atoms with E-state index in [0.717, 1.165) is 30.5 Å². The van der Waals surface area contributed by atoms with Gasteiger partial charge in [-0.1, -0.05) is 0 Å². The Labute approximate surface area is 117 Å². The molecular formula is C15H18N2O3. The van der Waals surface area contributed by atoms with Crippen LogP contribution in [-0.4, -0.2) is 29.6 Å². The molecule has 0 saturated heterocycles. The summed E-state index contributed by atoms with van der Waals surface area (Å²) in [6, 6.07) is 5.27. The average Bonchev–Trinajstić information content (AvgIpc) is 2.99. The van der Waals surface area contributed by atoms with E-state index in [4.69, 9.17) is 0 Å². The summed E-state index contributed by atoms with van der Waals surface area (Å²) in [5, 5.41) is 15.1. The number of nitrogens with one attached hydrogen (secondary N) is 2. The monoisotopic (exact) mass is 274 g/mol. The Balaban J connectivity index is 1.60. The van der Waals surface area contributed by atoms with Gasteiger partial charge in [0.1, 0.15) is 0 Å². The van der Waals surface area contributed by atoms with Crippen molar-refractivity contribution in [3.63, 3.8) is 0 Å². The molecular weight excluding hydrogens is 256 g/mol. The van der Waals surface area contributed by atoms with Gasteiger partial charge in [-0.15, -0.1) is 0 Å². The van der Waals surface area contributed by atoms with E-state index in [0.29, 0.717) is 24.4 Å². The number of benzene rings is 1. The fraction of sp³-hybridized carbons (Fsp3) is 0.467. The third-order valence-corrected chi connectivity index (χ3v) is 4.06. The van der Waals surface area contributed by atoms with Gasteiger partial charge in [0, 0.05) is 17.8 Å². The van der Waals surface area contributed by atoms with Gasteiger partial charge in [0.2, 0.25) is 5.91 Å². The van der Waals surface area contributed by atoms with E-state index in [2.05, 4.69) is 10.6 Å². The first-order valence-electron chi connectivity index (χ1n) is 7.01. The number of hydrogen-bond acceptors (Lipinski definition) is 3. The lowest BCUT2D eigenvalue weighted by molar-refractivity contribution is -0.115. The predicted octanol–water partition coefficient (Wildman–Crippen LogP) is 1.07. The lowest BCUT2D eigenvalue weighted by atomic mass is 10.1.